The molecule has 0 saturated carbocycles. The number of aromatic amines is 1. The van der Waals surface area contributed by atoms with Gasteiger partial charge in [0.15, 0.2) is 5.75 Å². The Bertz CT molecular complexity index is 1980. The van der Waals surface area contributed by atoms with Crippen molar-refractivity contribution in [2.24, 2.45) is 0 Å². The average molecular weight is 700 g/mol. The van der Waals surface area contributed by atoms with Crippen LogP contribution in [0.25, 0.3) is 0 Å². The van der Waals surface area contributed by atoms with Crippen LogP contribution < -0.4 is 28.6 Å². The van der Waals surface area contributed by atoms with Crippen LogP contribution in [0.2, 0.25) is 0 Å². The van der Waals surface area contributed by atoms with Gasteiger partial charge in [-0.3, -0.25) is 33.3 Å². The van der Waals surface area contributed by atoms with E-state index in [-0.39, 0.29) is 0 Å². The number of rotatable bonds is 9. The van der Waals surface area contributed by atoms with Crippen LogP contribution in [-0.4, -0.2) is 48.7 Å². The van der Waals surface area contributed by atoms with E-state index in [1.165, 1.54) is 40.7 Å². The Balaban J connectivity index is 1.18. The highest BCUT2D eigenvalue weighted by Crippen LogP contribution is 2.40. The van der Waals surface area contributed by atoms with Gasteiger partial charge in [0.2, 0.25) is 0 Å². The van der Waals surface area contributed by atoms with Crippen molar-refractivity contribution >= 4 is 77.2 Å². The number of carbonyl (C=O) groups is 6. The van der Waals surface area contributed by atoms with Gasteiger partial charge in [-0.05, 0) is 72.8 Å². The molecule has 15 nitrogen and oxygen atoms in total. The molecule has 3 aromatic carbocycles. The predicted molar refractivity (Wildman–Crippen MR) is 174 cm³/mol. The van der Waals surface area contributed by atoms with Gasteiger partial charge in [0.1, 0.15) is 20.0 Å². The molecule has 48 heavy (non-hydrogen) atoms. The van der Waals surface area contributed by atoms with E-state index in [1.807, 2.05) is 0 Å². The molecule has 4 heterocycles. The standard InChI is InChI=1S/C30H19N6O9P3/c37-25-13-14-26(38)33(25)19-1-7-22(8-2-19)43-36-47(44-23-9-3-20(4-10-23)34-27(39)15-16-28(34)40)31-46-32-48(36)45-24-11-5-21(6-12-24)35-29(41)17-18-30(35)42/h1-18H,(H,31,32). The smallest absolute Gasteiger partial charge is 0.305 e. The van der Waals surface area contributed by atoms with Crippen LogP contribution in [0.1, 0.15) is 0 Å². The maximum Gasteiger partial charge on any atom is 0.305 e. The molecule has 7 rings (SSSR count). The van der Waals surface area contributed by atoms with E-state index in [0.717, 1.165) is 14.7 Å². The second-order valence-corrected chi connectivity index (χ2v) is 14.0. The van der Waals surface area contributed by atoms with Gasteiger partial charge in [0.05, 0.1) is 17.1 Å². The van der Waals surface area contributed by atoms with Crippen molar-refractivity contribution in [1.82, 2.24) is 13.3 Å². The van der Waals surface area contributed by atoms with Crippen molar-refractivity contribution in [1.29, 1.82) is 0 Å². The van der Waals surface area contributed by atoms with Crippen molar-refractivity contribution < 1.29 is 42.7 Å². The van der Waals surface area contributed by atoms with Gasteiger partial charge < -0.3 is 13.9 Å². The Hall–Kier alpha value is -6.00. The zero-order valence-electron chi connectivity index (χ0n) is 24.1. The third kappa shape index (κ3) is 5.96. The molecule has 0 radical (unpaired) electrons. The molecule has 2 atom stereocenters. The van der Waals surface area contributed by atoms with Gasteiger partial charge in [0.25, 0.3) is 43.5 Å². The summed E-state index contributed by atoms with van der Waals surface area (Å²) < 4.78 is 21.5. The van der Waals surface area contributed by atoms with E-state index < -0.39 is 51.6 Å². The number of amides is 6. The summed E-state index contributed by atoms with van der Waals surface area (Å²) in [5, 5.41) is 0. The lowest BCUT2D eigenvalue weighted by Crippen LogP contribution is -2.29. The summed E-state index contributed by atoms with van der Waals surface area (Å²) in [6.07, 6.45) is 7.17. The minimum Gasteiger partial charge on any atom is -0.415 e. The summed E-state index contributed by atoms with van der Waals surface area (Å²) in [5.74, 6) is -1.63. The maximum absolute atomic E-state index is 12.1. The van der Waals surface area contributed by atoms with Gasteiger partial charge >= 0.3 is 8.08 Å². The number of anilines is 3. The van der Waals surface area contributed by atoms with Gasteiger partial charge in [-0.2, -0.15) is 0 Å². The summed E-state index contributed by atoms with van der Waals surface area (Å²) in [4.78, 5) is 81.9. The fourth-order valence-electron chi connectivity index (χ4n) is 4.64. The molecule has 0 spiro atoms. The molecule has 4 aromatic rings. The number of hydrogen-bond donors (Lipinski definition) is 1. The molecule has 238 valence electrons. The van der Waals surface area contributed by atoms with E-state index in [0.29, 0.717) is 42.8 Å². The first-order valence-electron chi connectivity index (χ1n) is 13.8. The third-order valence-electron chi connectivity index (χ3n) is 6.83. The molecule has 3 aliphatic heterocycles. The number of nitrogens with zero attached hydrogens (tertiary/aromatic N) is 5. The van der Waals surface area contributed by atoms with Crippen molar-refractivity contribution in [3.05, 3.63) is 109 Å². The highest BCUT2D eigenvalue weighted by atomic mass is 31.2. The first-order chi connectivity index (χ1) is 23.2. The van der Waals surface area contributed by atoms with Crippen LogP contribution in [0.3, 0.4) is 0 Å². The number of nitrogens with one attached hydrogen (secondary N) is 1. The van der Waals surface area contributed by atoms with E-state index >= 15 is 0 Å². The molecule has 2 unspecified atom stereocenters. The van der Waals surface area contributed by atoms with Crippen LogP contribution in [0.5, 0.6) is 17.2 Å². The van der Waals surface area contributed by atoms with Gasteiger partial charge in [-0.1, -0.05) is 4.26 Å². The van der Waals surface area contributed by atoms with E-state index in [1.54, 1.807) is 72.8 Å². The largest absolute Gasteiger partial charge is 0.415 e. The number of benzene rings is 3. The van der Waals surface area contributed by atoms with Crippen LogP contribution in [-0.2, 0) is 28.8 Å². The second kappa shape index (κ2) is 12.7. The summed E-state index contributed by atoms with van der Waals surface area (Å²) >= 11 is 0. The minimum absolute atomic E-state index is 0.316. The molecule has 0 aliphatic carbocycles. The Morgan fingerprint density at radius 3 is 1.25 bits per heavy atom. The Kier molecular flexibility index (Phi) is 8.08. The van der Waals surface area contributed by atoms with Gasteiger partial charge in [0, 0.05) is 36.5 Å². The van der Waals surface area contributed by atoms with Crippen LogP contribution in [0.15, 0.2) is 109 Å². The fraction of sp³-hybridized carbons (Fsp3) is 0. The van der Waals surface area contributed by atoms with Gasteiger partial charge in [-0.25, -0.2) is 14.7 Å². The first kappa shape index (κ1) is 30.6. The highest BCUT2D eigenvalue weighted by Gasteiger charge is 2.27. The Morgan fingerprint density at radius 1 is 0.500 bits per heavy atom. The lowest BCUT2D eigenvalue weighted by atomic mass is 10.3. The molecule has 6 amide bonds. The number of H-pyrrole nitrogens is 1. The number of aromatic nitrogens is 3. The summed E-state index contributed by atoms with van der Waals surface area (Å²) in [6, 6.07) is 18.9. The van der Waals surface area contributed by atoms with Crippen LogP contribution in [0, 0.1) is 0 Å². The monoisotopic (exact) mass is 700 g/mol. The molecule has 0 bridgehead atoms. The average Bonchev–Trinajstić information content (AvgIpc) is 3.73. The van der Waals surface area contributed by atoms with Crippen molar-refractivity contribution in [2.75, 3.05) is 14.7 Å². The normalized spacial score (nSPS) is 16.3. The molecule has 0 saturated heterocycles. The van der Waals surface area contributed by atoms with E-state index in [9.17, 15) is 28.8 Å². The molecule has 0 fully saturated rings. The number of imide groups is 3. The summed E-state index contributed by atoms with van der Waals surface area (Å²) in [5.41, 5.74) is 1.10. The van der Waals surface area contributed by atoms with E-state index in [2.05, 4.69) is 9.02 Å². The first-order valence-corrected chi connectivity index (χ1v) is 17.1. The molecule has 1 aromatic heterocycles. The van der Waals surface area contributed by atoms with Crippen LogP contribution >= 0.6 is 24.7 Å². The zero-order valence-corrected chi connectivity index (χ0v) is 26.8. The van der Waals surface area contributed by atoms with Gasteiger partial charge in [-0.15, -0.1) is 4.51 Å². The van der Waals surface area contributed by atoms with E-state index in [4.69, 9.17) is 13.9 Å². The molecule has 1 N–H and O–H groups in total. The van der Waals surface area contributed by atoms with Crippen molar-refractivity contribution in [2.45, 2.75) is 0 Å². The fourth-order valence-corrected chi connectivity index (χ4v) is 9.22. The molecule has 18 heteroatoms. The molecular weight excluding hydrogens is 681 g/mol. The number of hydrogen-bond acceptors (Lipinski definition) is 10. The number of carbonyl (C=O) groups excluding carboxylic acids is 6. The van der Waals surface area contributed by atoms with Crippen LogP contribution in [0.4, 0.5) is 17.1 Å². The topological polar surface area (TPSA) is 173 Å². The lowest BCUT2D eigenvalue weighted by molar-refractivity contribution is -0.121. The second-order valence-electron chi connectivity index (χ2n) is 9.86. The quantitative estimate of drug-likeness (QED) is 0.241. The van der Waals surface area contributed by atoms with Crippen molar-refractivity contribution in [3.63, 3.8) is 0 Å². The summed E-state index contributed by atoms with van der Waals surface area (Å²) in [7, 11) is -3.27. The lowest BCUT2D eigenvalue weighted by Gasteiger charge is -2.19. The predicted octanol–water partition coefficient (Wildman–Crippen LogP) is 4.70. The Labute approximate surface area is 273 Å². The SMILES string of the molecule is O=C1C=CC(=O)N1c1ccc(On2p(Oc3ccc(N4C(=O)C=CC4=O)cc3)np[nH]p2Oc2ccc(N3C(=O)C=CC3=O)cc2)cc1. The third-order valence-corrected chi connectivity index (χ3v) is 11.3. The Morgan fingerprint density at radius 2 is 0.854 bits per heavy atom. The molecular formula is C30H19N6O9P3. The zero-order chi connectivity index (χ0) is 33.4. The summed E-state index contributed by atoms with van der Waals surface area (Å²) in [6.45, 7) is 0. The van der Waals surface area contributed by atoms with Crippen molar-refractivity contribution in [3.8, 4) is 17.2 Å². The molecule has 3 aliphatic rings. The highest BCUT2D eigenvalue weighted by molar-refractivity contribution is 7.55. The minimum atomic E-state index is -1.89. The maximum atomic E-state index is 12.1.